The first kappa shape index (κ1) is 35.2. The summed E-state index contributed by atoms with van der Waals surface area (Å²) in [6.07, 6.45) is 0. The number of hydrogen-bond acceptors (Lipinski definition) is 4. The molecule has 4 aromatic heterocycles. The van der Waals surface area contributed by atoms with Gasteiger partial charge in [-0.15, -0.1) is 0 Å². The van der Waals surface area contributed by atoms with E-state index in [4.69, 9.17) is 14.4 Å². The minimum absolute atomic E-state index is 0.192. The van der Waals surface area contributed by atoms with Gasteiger partial charge in [0.05, 0.1) is 28.5 Å². The van der Waals surface area contributed by atoms with Gasteiger partial charge in [-0.25, -0.2) is 4.98 Å². The van der Waals surface area contributed by atoms with E-state index in [1.54, 1.807) is 6.07 Å². The Morgan fingerprint density at radius 1 is 0.400 bits per heavy atom. The second-order valence-corrected chi connectivity index (χ2v) is 15.2. The zero-order chi connectivity index (χ0) is 40.2. The summed E-state index contributed by atoms with van der Waals surface area (Å²) < 4.78 is 8.81. The summed E-state index contributed by atoms with van der Waals surface area (Å²) in [6.45, 7) is 2.06. The predicted octanol–water partition coefficient (Wildman–Crippen LogP) is 14.3. The summed E-state index contributed by atoms with van der Waals surface area (Å²) in [7, 11) is 0. The maximum atomic E-state index is 10.9. The van der Waals surface area contributed by atoms with Crippen LogP contribution in [-0.2, 0) is 0 Å². The van der Waals surface area contributed by atoms with Crippen LogP contribution in [0, 0.1) is 6.92 Å². The van der Waals surface area contributed by atoms with Crippen molar-refractivity contribution in [3.63, 3.8) is 0 Å². The van der Waals surface area contributed by atoms with Gasteiger partial charge in [-0.1, -0.05) is 127 Å². The molecule has 0 saturated carbocycles. The second-order valence-electron chi connectivity index (χ2n) is 15.2. The summed E-state index contributed by atoms with van der Waals surface area (Å²) in [5.74, 6) is 0.192. The average molecular weight is 772 g/mol. The SMILES string of the molecule is Cc1cc(-c2c3ccccc3c(-c3ccc4c(c3)oc3ccccc34)n2-c2ccccc2)cc(-c2cccc(-c3cc(-c4ccccc4)cc(-c4ccccc4O)n3)c2)n1. The molecule has 60 heavy (non-hydrogen) atoms. The van der Waals surface area contributed by atoms with Gasteiger partial charge in [-0.05, 0) is 90.8 Å². The van der Waals surface area contributed by atoms with Gasteiger partial charge in [-0.3, -0.25) is 4.98 Å². The molecule has 284 valence electrons. The van der Waals surface area contributed by atoms with Gasteiger partial charge in [0.1, 0.15) is 16.9 Å². The van der Waals surface area contributed by atoms with E-state index in [-0.39, 0.29) is 5.75 Å². The van der Waals surface area contributed by atoms with Crippen LogP contribution in [-0.4, -0.2) is 19.6 Å². The van der Waals surface area contributed by atoms with Gasteiger partial charge >= 0.3 is 0 Å². The van der Waals surface area contributed by atoms with Crippen LogP contribution < -0.4 is 0 Å². The van der Waals surface area contributed by atoms with E-state index in [1.807, 2.05) is 54.6 Å². The fourth-order valence-corrected chi connectivity index (χ4v) is 8.62. The van der Waals surface area contributed by atoms with Crippen LogP contribution in [0.4, 0.5) is 0 Å². The van der Waals surface area contributed by atoms with Gasteiger partial charge in [-0.2, -0.15) is 0 Å². The number of phenols is 1. The lowest BCUT2D eigenvalue weighted by Gasteiger charge is -2.16. The first-order valence-electron chi connectivity index (χ1n) is 20.1. The van der Waals surface area contributed by atoms with Crippen LogP contribution in [0.25, 0.3) is 106 Å². The first-order chi connectivity index (χ1) is 29.6. The standard InChI is InChI=1S/C55H37N3O2/c1-35-29-41(33-48(56-35)37-17-14-18-38(30-37)49-31-40(36-15-4-2-5-16-36)32-50(57-49)47-24-10-12-25-51(47)59)55-46-23-9-8-22-45(46)54(58(55)42-19-6-3-7-20-42)39-27-28-44-43-21-11-13-26-52(43)60-53(44)34-39/h2-34,59H,1H3. The number of aryl methyl sites for hydroxylation is 1. The minimum Gasteiger partial charge on any atom is -0.507 e. The molecule has 0 unspecified atom stereocenters. The first-order valence-corrected chi connectivity index (χ1v) is 20.1. The molecule has 1 N–H and O–H groups in total. The maximum absolute atomic E-state index is 10.9. The largest absolute Gasteiger partial charge is 0.507 e. The van der Waals surface area contributed by atoms with Gasteiger partial charge < -0.3 is 14.1 Å². The lowest BCUT2D eigenvalue weighted by atomic mass is 9.98. The fraction of sp³-hybridized carbons (Fsp3) is 0.0182. The highest BCUT2D eigenvalue weighted by Gasteiger charge is 2.23. The van der Waals surface area contributed by atoms with Crippen LogP contribution in [0.1, 0.15) is 5.69 Å². The Bertz CT molecular complexity index is 3400. The molecule has 0 spiro atoms. The van der Waals surface area contributed by atoms with Crippen molar-refractivity contribution in [2.45, 2.75) is 6.92 Å². The number of aromatic hydroxyl groups is 1. The molecule has 7 aromatic carbocycles. The zero-order valence-electron chi connectivity index (χ0n) is 32.7. The molecule has 5 nitrogen and oxygen atoms in total. The Balaban J connectivity index is 1.08. The normalized spacial score (nSPS) is 11.5. The summed E-state index contributed by atoms with van der Waals surface area (Å²) in [6, 6.07) is 68.7. The van der Waals surface area contributed by atoms with Crippen molar-refractivity contribution in [2.75, 3.05) is 0 Å². The van der Waals surface area contributed by atoms with E-state index in [0.29, 0.717) is 11.3 Å². The summed E-state index contributed by atoms with van der Waals surface area (Å²) in [5, 5.41) is 15.4. The van der Waals surface area contributed by atoms with Crippen LogP contribution in [0.2, 0.25) is 0 Å². The Kier molecular flexibility index (Phi) is 8.45. The lowest BCUT2D eigenvalue weighted by Crippen LogP contribution is -2.00. The van der Waals surface area contributed by atoms with Crippen LogP contribution in [0.5, 0.6) is 5.75 Å². The Hall–Kier alpha value is -8.02. The number of furan rings is 1. The van der Waals surface area contributed by atoms with E-state index in [9.17, 15) is 5.11 Å². The molecule has 0 amide bonds. The summed E-state index contributed by atoms with van der Waals surface area (Å²) in [4.78, 5) is 10.3. The zero-order valence-corrected chi connectivity index (χ0v) is 32.7. The van der Waals surface area contributed by atoms with Gasteiger partial charge in [0, 0.05) is 60.7 Å². The van der Waals surface area contributed by atoms with Crippen molar-refractivity contribution >= 4 is 32.7 Å². The molecule has 0 aliphatic rings. The molecule has 0 aliphatic heterocycles. The molecule has 0 saturated heterocycles. The highest BCUT2D eigenvalue weighted by Crippen LogP contribution is 2.44. The third kappa shape index (κ3) is 6.12. The number of nitrogens with zero attached hydrogens (tertiary/aromatic N) is 3. The third-order valence-corrected chi connectivity index (χ3v) is 11.3. The maximum Gasteiger partial charge on any atom is 0.136 e. The van der Waals surface area contributed by atoms with E-state index < -0.39 is 0 Å². The number of para-hydroxylation sites is 3. The lowest BCUT2D eigenvalue weighted by molar-refractivity contribution is 0.477. The summed E-state index contributed by atoms with van der Waals surface area (Å²) >= 11 is 0. The number of benzene rings is 7. The number of aromatic nitrogens is 3. The quantitative estimate of drug-likeness (QED) is 0.175. The van der Waals surface area contributed by atoms with Gasteiger partial charge in [0.2, 0.25) is 0 Å². The van der Waals surface area contributed by atoms with Crippen molar-refractivity contribution in [1.82, 2.24) is 14.5 Å². The van der Waals surface area contributed by atoms with E-state index in [0.717, 1.165) is 100 Å². The van der Waals surface area contributed by atoms with Crippen LogP contribution in [0.15, 0.2) is 205 Å². The average Bonchev–Trinajstić information content (AvgIpc) is 3.85. The van der Waals surface area contributed by atoms with Crippen molar-refractivity contribution < 1.29 is 9.52 Å². The Labute approximate surface area is 347 Å². The van der Waals surface area contributed by atoms with E-state index >= 15 is 0 Å². The molecule has 0 bridgehead atoms. The van der Waals surface area contributed by atoms with Crippen LogP contribution >= 0.6 is 0 Å². The smallest absolute Gasteiger partial charge is 0.136 e. The second kappa shape index (κ2) is 14.4. The Morgan fingerprint density at radius 3 is 1.75 bits per heavy atom. The monoisotopic (exact) mass is 771 g/mol. The molecule has 0 aliphatic carbocycles. The third-order valence-electron chi connectivity index (χ3n) is 11.3. The van der Waals surface area contributed by atoms with Crippen molar-refractivity contribution in [3.05, 3.63) is 206 Å². The molecular weight excluding hydrogens is 735 g/mol. The minimum atomic E-state index is 0.192. The van der Waals surface area contributed by atoms with E-state index in [2.05, 4.69) is 151 Å². The summed E-state index contributed by atoms with van der Waals surface area (Å²) in [5.41, 5.74) is 15.1. The topological polar surface area (TPSA) is 64.1 Å². The molecule has 5 heteroatoms. The molecule has 0 fully saturated rings. The van der Waals surface area contributed by atoms with Crippen molar-refractivity contribution in [1.29, 1.82) is 0 Å². The van der Waals surface area contributed by atoms with Gasteiger partial charge in [0.15, 0.2) is 0 Å². The number of fused-ring (bicyclic) bond motifs is 4. The highest BCUT2D eigenvalue weighted by atomic mass is 16.3. The van der Waals surface area contributed by atoms with E-state index in [1.165, 1.54) is 0 Å². The molecule has 11 rings (SSSR count). The molecular formula is C55H37N3O2. The van der Waals surface area contributed by atoms with Crippen molar-refractivity contribution in [3.8, 4) is 78.9 Å². The van der Waals surface area contributed by atoms with Gasteiger partial charge in [0.25, 0.3) is 0 Å². The van der Waals surface area contributed by atoms with Crippen LogP contribution in [0.3, 0.4) is 0 Å². The predicted molar refractivity (Wildman–Crippen MR) is 245 cm³/mol. The number of pyridine rings is 2. The number of hydrogen-bond donors (Lipinski definition) is 1. The molecule has 0 atom stereocenters. The fourth-order valence-electron chi connectivity index (χ4n) is 8.62. The number of rotatable bonds is 7. The Morgan fingerprint density at radius 2 is 0.983 bits per heavy atom. The highest BCUT2D eigenvalue weighted by molar-refractivity contribution is 6.10. The molecule has 0 radical (unpaired) electrons. The molecule has 4 heterocycles. The number of phenolic OH excluding ortho intramolecular Hbond substituents is 1. The van der Waals surface area contributed by atoms with Crippen molar-refractivity contribution in [2.24, 2.45) is 0 Å². The molecule has 11 aromatic rings.